The lowest BCUT2D eigenvalue weighted by Crippen LogP contribution is -2.44. The molecule has 4 nitrogen and oxygen atoms in total. The lowest BCUT2D eigenvalue weighted by Gasteiger charge is -2.33. The van der Waals surface area contributed by atoms with Gasteiger partial charge in [-0.05, 0) is 37.7 Å². The van der Waals surface area contributed by atoms with Crippen molar-refractivity contribution in [2.75, 3.05) is 26.2 Å². The number of carbonyl (C=O) groups is 1. The molecule has 116 valence electrons. The molecule has 1 heterocycles. The van der Waals surface area contributed by atoms with Crippen LogP contribution in [-0.4, -0.2) is 47.9 Å². The average Bonchev–Trinajstić information content (AvgIpc) is 2.87. The van der Waals surface area contributed by atoms with Crippen LogP contribution >= 0.6 is 0 Å². The Morgan fingerprint density at radius 2 is 1.95 bits per heavy atom. The highest BCUT2D eigenvalue weighted by atomic mass is 19.1. The molecule has 0 saturated carbocycles. The van der Waals surface area contributed by atoms with Gasteiger partial charge in [-0.1, -0.05) is 26.0 Å². The number of nitrogens with zero attached hydrogens (tertiary/aromatic N) is 2. The molecule has 2 unspecified atom stereocenters. The van der Waals surface area contributed by atoms with Crippen LogP contribution in [-0.2, 0) is 4.79 Å². The van der Waals surface area contributed by atoms with Crippen LogP contribution in [0.25, 0.3) is 0 Å². The summed E-state index contributed by atoms with van der Waals surface area (Å²) in [5, 5.41) is 3.22. The van der Waals surface area contributed by atoms with Gasteiger partial charge in [-0.2, -0.15) is 0 Å². The van der Waals surface area contributed by atoms with Gasteiger partial charge < -0.3 is 9.80 Å². The van der Waals surface area contributed by atoms with Gasteiger partial charge in [0.25, 0.3) is 0 Å². The number of nitrogens with one attached hydrogen (secondary N) is 1. The molecule has 1 aliphatic heterocycles. The quantitative estimate of drug-likeness (QED) is 0.871. The van der Waals surface area contributed by atoms with E-state index in [1.54, 1.807) is 12.1 Å². The summed E-state index contributed by atoms with van der Waals surface area (Å²) in [6.07, 6.45) is -0.163. The molecule has 1 aromatic carbocycles. The molecule has 1 fully saturated rings. The normalized spacial score (nSPS) is 20.3. The van der Waals surface area contributed by atoms with Crippen molar-refractivity contribution in [3.8, 4) is 0 Å². The molecule has 0 radical (unpaired) electrons. The second kappa shape index (κ2) is 7.00. The number of hydrogen-bond acceptors (Lipinski definition) is 3. The third-order valence-corrected chi connectivity index (χ3v) is 4.09. The summed E-state index contributed by atoms with van der Waals surface area (Å²) in [5.74, 6) is -0.158. The Hall–Kier alpha value is -1.46. The summed E-state index contributed by atoms with van der Waals surface area (Å²) in [7, 11) is 0. The van der Waals surface area contributed by atoms with Gasteiger partial charge in [-0.3, -0.25) is 10.1 Å². The number of benzene rings is 1. The van der Waals surface area contributed by atoms with Crippen molar-refractivity contribution >= 4 is 5.91 Å². The maximum Gasteiger partial charge on any atom is 0.238 e. The van der Waals surface area contributed by atoms with Crippen LogP contribution in [0.15, 0.2) is 24.3 Å². The largest absolute Gasteiger partial charge is 0.318 e. The smallest absolute Gasteiger partial charge is 0.238 e. The molecule has 21 heavy (non-hydrogen) atoms. The van der Waals surface area contributed by atoms with E-state index < -0.39 is 0 Å². The minimum atomic E-state index is -0.259. The molecule has 2 atom stereocenters. The average molecular weight is 293 g/mol. The van der Waals surface area contributed by atoms with Gasteiger partial charge in [-0.15, -0.1) is 0 Å². The van der Waals surface area contributed by atoms with Crippen molar-refractivity contribution in [3.05, 3.63) is 35.6 Å². The fourth-order valence-corrected chi connectivity index (χ4v) is 2.88. The Kier molecular flexibility index (Phi) is 5.31. The van der Waals surface area contributed by atoms with Crippen molar-refractivity contribution in [1.29, 1.82) is 0 Å². The second-order valence-electron chi connectivity index (χ2n) is 5.47. The van der Waals surface area contributed by atoms with Gasteiger partial charge in [0, 0.05) is 12.6 Å². The van der Waals surface area contributed by atoms with E-state index in [1.807, 2.05) is 4.90 Å². The van der Waals surface area contributed by atoms with Gasteiger partial charge in [0.15, 0.2) is 0 Å². The molecule has 1 aromatic rings. The van der Waals surface area contributed by atoms with Crippen molar-refractivity contribution in [1.82, 2.24) is 15.1 Å². The minimum absolute atomic E-state index is 0.101. The van der Waals surface area contributed by atoms with E-state index in [1.165, 1.54) is 12.1 Å². The zero-order valence-electron chi connectivity index (χ0n) is 13.0. The molecule has 0 spiro atoms. The van der Waals surface area contributed by atoms with E-state index in [9.17, 15) is 9.18 Å². The predicted molar refractivity (Wildman–Crippen MR) is 81.2 cm³/mol. The van der Waals surface area contributed by atoms with Crippen LogP contribution in [0.4, 0.5) is 4.39 Å². The first-order valence-corrected chi connectivity index (χ1v) is 7.59. The Morgan fingerprint density at radius 1 is 1.33 bits per heavy atom. The molecular formula is C16H24FN3O. The molecule has 1 amide bonds. The van der Waals surface area contributed by atoms with Crippen LogP contribution in [0, 0.1) is 5.82 Å². The number of carbonyl (C=O) groups excluding carboxylic acids is 1. The van der Waals surface area contributed by atoms with Crippen LogP contribution in [0.1, 0.15) is 32.5 Å². The third kappa shape index (κ3) is 3.60. The van der Waals surface area contributed by atoms with Gasteiger partial charge in [-0.25, -0.2) is 4.39 Å². The summed E-state index contributed by atoms with van der Waals surface area (Å²) in [6.45, 7) is 9.44. The standard InChI is InChI=1S/C16H24FN3O/c1-4-19(5-2)11-12(3)20-15(21)10-18-16(20)13-6-8-14(17)9-7-13/h6-9,12,16,18H,4-5,10-11H2,1-3H3. The minimum Gasteiger partial charge on any atom is -0.318 e. The lowest BCUT2D eigenvalue weighted by molar-refractivity contribution is -0.130. The Labute approximate surface area is 125 Å². The summed E-state index contributed by atoms with van der Waals surface area (Å²) in [5.41, 5.74) is 0.925. The summed E-state index contributed by atoms with van der Waals surface area (Å²) in [6, 6.07) is 6.47. The topological polar surface area (TPSA) is 35.6 Å². The summed E-state index contributed by atoms with van der Waals surface area (Å²) >= 11 is 0. The van der Waals surface area contributed by atoms with Gasteiger partial charge in [0.2, 0.25) is 5.91 Å². The molecule has 1 saturated heterocycles. The summed E-state index contributed by atoms with van der Waals surface area (Å²) < 4.78 is 13.1. The van der Waals surface area contributed by atoms with Crippen molar-refractivity contribution in [2.24, 2.45) is 0 Å². The first kappa shape index (κ1) is 15.9. The Balaban J connectivity index is 2.14. The molecule has 0 aliphatic carbocycles. The van der Waals surface area contributed by atoms with E-state index in [0.717, 1.165) is 25.2 Å². The Bertz CT molecular complexity index is 473. The summed E-state index contributed by atoms with van der Waals surface area (Å²) in [4.78, 5) is 16.4. The van der Waals surface area contributed by atoms with E-state index >= 15 is 0 Å². The fraction of sp³-hybridized carbons (Fsp3) is 0.562. The molecule has 0 bridgehead atoms. The van der Waals surface area contributed by atoms with Crippen LogP contribution in [0.3, 0.4) is 0 Å². The molecule has 1 aliphatic rings. The predicted octanol–water partition coefficient (Wildman–Crippen LogP) is 1.99. The van der Waals surface area contributed by atoms with Crippen LogP contribution in [0.5, 0.6) is 0 Å². The van der Waals surface area contributed by atoms with Gasteiger partial charge in [0.05, 0.1) is 6.54 Å². The van der Waals surface area contributed by atoms with Gasteiger partial charge in [0.1, 0.15) is 12.0 Å². The van der Waals surface area contributed by atoms with E-state index in [-0.39, 0.29) is 23.9 Å². The number of amides is 1. The number of halogens is 1. The number of hydrogen-bond donors (Lipinski definition) is 1. The first-order chi connectivity index (χ1) is 10.1. The molecule has 2 rings (SSSR count). The lowest BCUT2D eigenvalue weighted by atomic mass is 10.1. The SMILES string of the molecule is CCN(CC)CC(C)N1C(=O)CNC1c1ccc(F)cc1. The van der Waals surface area contributed by atoms with Crippen molar-refractivity contribution < 1.29 is 9.18 Å². The number of likely N-dealkylation sites (N-methyl/N-ethyl adjacent to an activating group) is 1. The Morgan fingerprint density at radius 3 is 2.52 bits per heavy atom. The molecule has 5 heteroatoms. The van der Waals surface area contributed by atoms with E-state index in [0.29, 0.717) is 6.54 Å². The molecule has 1 N–H and O–H groups in total. The van der Waals surface area contributed by atoms with Crippen LogP contribution < -0.4 is 5.32 Å². The maximum absolute atomic E-state index is 13.1. The van der Waals surface area contributed by atoms with E-state index in [2.05, 4.69) is 31.0 Å². The highest BCUT2D eigenvalue weighted by Crippen LogP contribution is 2.25. The van der Waals surface area contributed by atoms with Crippen molar-refractivity contribution in [3.63, 3.8) is 0 Å². The van der Waals surface area contributed by atoms with Crippen LogP contribution in [0.2, 0.25) is 0 Å². The fourth-order valence-electron chi connectivity index (χ4n) is 2.88. The maximum atomic E-state index is 13.1. The monoisotopic (exact) mass is 293 g/mol. The zero-order valence-corrected chi connectivity index (χ0v) is 13.0. The second-order valence-corrected chi connectivity index (χ2v) is 5.47. The number of rotatable bonds is 6. The zero-order chi connectivity index (χ0) is 15.4. The highest BCUT2D eigenvalue weighted by Gasteiger charge is 2.35. The third-order valence-electron chi connectivity index (χ3n) is 4.09. The molecular weight excluding hydrogens is 269 g/mol. The first-order valence-electron chi connectivity index (χ1n) is 7.59. The molecule has 0 aromatic heterocycles. The highest BCUT2D eigenvalue weighted by molar-refractivity contribution is 5.81. The van der Waals surface area contributed by atoms with E-state index in [4.69, 9.17) is 0 Å². The van der Waals surface area contributed by atoms with Crippen molar-refractivity contribution in [2.45, 2.75) is 33.0 Å². The van der Waals surface area contributed by atoms with Gasteiger partial charge >= 0.3 is 0 Å².